The average Bonchev–Trinajstić information content (AvgIpc) is 2.82. The number of Topliss-reactive ketones (excluding diaryl/α,β-unsaturated/α-hetero) is 2. The van der Waals surface area contributed by atoms with E-state index in [4.69, 9.17) is 4.74 Å². The Morgan fingerprint density at radius 3 is 1.79 bits per heavy atom. The van der Waals surface area contributed by atoms with Crippen molar-refractivity contribution in [1.82, 2.24) is 10.6 Å². The molecular weight excluding hydrogens is 544 g/mol. The van der Waals surface area contributed by atoms with Crippen molar-refractivity contribution in [2.75, 3.05) is 13.2 Å². The maximum Gasteiger partial charge on any atom is 0.308 e. The molecule has 0 aliphatic heterocycles. The van der Waals surface area contributed by atoms with Crippen molar-refractivity contribution in [3.8, 4) is 0 Å². The van der Waals surface area contributed by atoms with Gasteiger partial charge in [-0.15, -0.1) is 0 Å². The molecule has 8 heteroatoms. The van der Waals surface area contributed by atoms with Crippen molar-refractivity contribution in [2.45, 2.75) is 147 Å². The van der Waals surface area contributed by atoms with E-state index >= 15 is 0 Å². The van der Waals surface area contributed by atoms with Crippen LogP contribution >= 0.6 is 0 Å². The predicted molar refractivity (Wildman–Crippen MR) is 173 cm³/mol. The largest absolute Gasteiger partial charge is 0.465 e. The predicted octanol–water partition coefficient (Wildman–Crippen LogP) is 6.83. The Labute approximate surface area is 262 Å². The van der Waals surface area contributed by atoms with Gasteiger partial charge in [0, 0.05) is 37.6 Å². The smallest absolute Gasteiger partial charge is 0.308 e. The number of rotatable bonds is 19. The van der Waals surface area contributed by atoms with Crippen molar-refractivity contribution < 1.29 is 28.7 Å². The standard InChI is InChI=1S/C35H64N2O6/c1-24(2)28(31(41)37-29(30(40)35(10,11)12)18-16-19-36-25(3)38)21-27(39)17-14-13-15-20-43-32(42)26(22-33(4,5)6)23-34(7,8)9/h24,26,28-29H,13-23H2,1-12H3,(H,36,38)(H,37,41)/t28-,29-/m0/s1. The summed E-state index contributed by atoms with van der Waals surface area (Å²) in [4.78, 5) is 63.2. The Kier molecular flexibility index (Phi) is 17.6. The number of amides is 2. The number of nitrogens with one attached hydrogen (secondary N) is 2. The number of carbonyl (C=O) groups excluding carboxylic acids is 5. The van der Waals surface area contributed by atoms with E-state index in [1.54, 1.807) is 0 Å². The molecular formula is C35H64N2O6. The quantitative estimate of drug-likeness (QED) is 0.123. The topological polar surface area (TPSA) is 119 Å². The van der Waals surface area contributed by atoms with Crippen LogP contribution in [-0.4, -0.2) is 48.5 Å². The highest BCUT2D eigenvalue weighted by Crippen LogP contribution is 2.33. The van der Waals surface area contributed by atoms with Gasteiger partial charge < -0.3 is 15.4 Å². The molecule has 0 aromatic carbocycles. The number of ketones is 2. The van der Waals surface area contributed by atoms with E-state index in [0.717, 1.165) is 19.3 Å². The van der Waals surface area contributed by atoms with Crippen LogP contribution in [-0.2, 0) is 28.7 Å². The van der Waals surface area contributed by atoms with Crippen LogP contribution in [0.5, 0.6) is 0 Å². The van der Waals surface area contributed by atoms with Crippen molar-refractivity contribution >= 4 is 29.4 Å². The highest BCUT2D eigenvalue weighted by molar-refractivity contribution is 5.94. The molecule has 0 aliphatic rings. The van der Waals surface area contributed by atoms with Gasteiger partial charge in [-0.25, -0.2) is 0 Å². The van der Waals surface area contributed by atoms with Gasteiger partial charge >= 0.3 is 5.97 Å². The van der Waals surface area contributed by atoms with E-state index in [2.05, 4.69) is 52.2 Å². The summed E-state index contributed by atoms with van der Waals surface area (Å²) >= 11 is 0. The molecule has 0 aromatic rings. The lowest BCUT2D eigenvalue weighted by molar-refractivity contribution is -0.151. The van der Waals surface area contributed by atoms with Crippen molar-refractivity contribution in [2.24, 2.45) is 34.0 Å². The van der Waals surface area contributed by atoms with Gasteiger partial charge in [0.05, 0.1) is 18.6 Å². The Bertz CT molecular complexity index is 889. The molecule has 0 bridgehead atoms. The highest BCUT2D eigenvalue weighted by Gasteiger charge is 2.34. The van der Waals surface area contributed by atoms with Crippen LogP contribution in [0.15, 0.2) is 0 Å². The molecule has 8 nitrogen and oxygen atoms in total. The first-order chi connectivity index (χ1) is 19.5. The van der Waals surface area contributed by atoms with Crippen molar-refractivity contribution in [3.63, 3.8) is 0 Å². The summed E-state index contributed by atoms with van der Waals surface area (Å²) in [6, 6.07) is -0.674. The van der Waals surface area contributed by atoms with E-state index in [-0.39, 0.29) is 58.4 Å². The fraction of sp³-hybridized carbons (Fsp3) is 0.857. The first-order valence-electron chi connectivity index (χ1n) is 16.3. The monoisotopic (exact) mass is 608 g/mol. The lowest BCUT2D eigenvalue weighted by atomic mass is 9.77. The summed E-state index contributed by atoms with van der Waals surface area (Å²) < 4.78 is 5.63. The van der Waals surface area contributed by atoms with Gasteiger partial charge in [-0.3, -0.25) is 24.0 Å². The Morgan fingerprint density at radius 2 is 1.33 bits per heavy atom. The summed E-state index contributed by atoms with van der Waals surface area (Å²) in [5.74, 6) is -1.32. The van der Waals surface area contributed by atoms with E-state index in [1.807, 2.05) is 34.6 Å². The van der Waals surface area contributed by atoms with Crippen molar-refractivity contribution in [3.05, 3.63) is 0 Å². The number of hydrogen-bond donors (Lipinski definition) is 2. The summed E-state index contributed by atoms with van der Waals surface area (Å²) in [6.45, 7) is 24.3. The minimum atomic E-state index is -0.674. The minimum absolute atomic E-state index is 0.0191. The molecule has 0 aliphatic carbocycles. The van der Waals surface area contributed by atoms with Crippen LogP contribution in [0.1, 0.15) is 141 Å². The molecule has 0 saturated heterocycles. The van der Waals surface area contributed by atoms with E-state index in [9.17, 15) is 24.0 Å². The van der Waals surface area contributed by atoms with Crippen LogP contribution in [0.25, 0.3) is 0 Å². The fourth-order valence-electron chi connectivity index (χ4n) is 5.23. The molecule has 0 radical (unpaired) electrons. The van der Waals surface area contributed by atoms with Crippen LogP contribution in [0.4, 0.5) is 0 Å². The Morgan fingerprint density at radius 1 is 0.767 bits per heavy atom. The van der Waals surface area contributed by atoms with Crippen LogP contribution in [0, 0.1) is 34.0 Å². The van der Waals surface area contributed by atoms with Crippen LogP contribution < -0.4 is 10.6 Å². The molecule has 2 amide bonds. The summed E-state index contributed by atoms with van der Waals surface area (Å²) in [6.07, 6.45) is 5.15. The molecule has 0 unspecified atom stereocenters. The minimum Gasteiger partial charge on any atom is -0.465 e. The average molecular weight is 609 g/mol. The zero-order valence-corrected chi connectivity index (χ0v) is 29.5. The Balaban J connectivity index is 4.88. The van der Waals surface area contributed by atoms with E-state index in [1.165, 1.54) is 6.92 Å². The number of esters is 1. The zero-order valence-electron chi connectivity index (χ0n) is 29.5. The SMILES string of the molecule is CC(=O)NCCC[C@H](NC(=O)[C@@H](CC(=O)CCCCCOC(=O)C(CC(C)(C)C)CC(C)(C)C)C(C)C)C(=O)C(C)(C)C. The highest BCUT2D eigenvalue weighted by atomic mass is 16.5. The molecule has 2 N–H and O–H groups in total. The third-order valence-corrected chi connectivity index (χ3v) is 7.40. The van der Waals surface area contributed by atoms with Crippen molar-refractivity contribution in [1.29, 1.82) is 0 Å². The number of hydrogen-bond acceptors (Lipinski definition) is 6. The van der Waals surface area contributed by atoms with Gasteiger partial charge in [0.1, 0.15) is 5.78 Å². The molecule has 0 rings (SSSR count). The zero-order chi connectivity index (χ0) is 33.6. The third kappa shape index (κ3) is 19.6. The summed E-state index contributed by atoms with van der Waals surface area (Å²) in [5.41, 5.74) is -0.558. The fourth-order valence-corrected chi connectivity index (χ4v) is 5.23. The van der Waals surface area contributed by atoms with Gasteiger partial charge in [0.15, 0.2) is 5.78 Å². The van der Waals surface area contributed by atoms with Gasteiger partial charge in [0.25, 0.3) is 0 Å². The lowest BCUT2D eigenvalue weighted by Crippen LogP contribution is -2.48. The second kappa shape index (κ2) is 18.5. The molecule has 0 spiro atoms. The molecule has 250 valence electrons. The molecule has 2 atom stereocenters. The van der Waals surface area contributed by atoms with Gasteiger partial charge in [-0.2, -0.15) is 0 Å². The maximum absolute atomic E-state index is 13.3. The second-order valence-electron chi connectivity index (χ2n) is 16.1. The maximum atomic E-state index is 13.3. The van der Waals surface area contributed by atoms with E-state index in [0.29, 0.717) is 45.3 Å². The molecule has 0 fully saturated rings. The molecule has 0 aromatic heterocycles. The number of carbonyl (C=O) groups is 5. The molecule has 43 heavy (non-hydrogen) atoms. The van der Waals surface area contributed by atoms with Gasteiger partial charge in [-0.1, -0.05) is 76.2 Å². The van der Waals surface area contributed by atoms with Crippen LogP contribution in [0.2, 0.25) is 0 Å². The molecule has 0 heterocycles. The second-order valence-corrected chi connectivity index (χ2v) is 16.1. The first-order valence-corrected chi connectivity index (χ1v) is 16.3. The van der Waals surface area contributed by atoms with Gasteiger partial charge in [-0.05, 0) is 61.7 Å². The normalized spacial score (nSPS) is 13.9. The lowest BCUT2D eigenvalue weighted by Gasteiger charge is -2.29. The number of ether oxygens (including phenoxy) is 1. The Hall–Kier alpha value is -2.25. The summed E-state index contributed by atoms with van der Waals surface area (Å²) in [5, 5.41) is 5.65. The summed E-state index contributed by atoms with van der Waals surface area (Å²) in [7, 11) is 0. The number of unbranched alkanes of at least 4 members (excludes halogenated alkanes) is 2. The van der Waals surface area contributed by atoms with Gasteiger partial charge in [0.2, 0.25) is 11.8 Å². The first kappa shape index (κ1) is 40.8. The van der Waals surface area contributed by atoms with Crippen LogP contribution in [0.3, 0.4) is 0 Å². The van der Waals surface area contributed by atoms with E-state index < -0.39 is 17.4 Å². The molecule has 0 saturated carbocycles. The third-order valence-electron chi connectivity index (χ3n) is 7.40.